The maximum Gasteiger partial charge on any atom is 0.407 e. The summed E-state index contributed by atoms with van der Waals surface area (Å²) in [5, 5.41) is 2.74. The average molecular weight is 276 g/mol. The number of rotatable bonds is 9. The van der Waals surface area contributed by atoms with Gasteiger partial charge in [0, 0.05) is 40.4 Å². The molecule has 0 heterocycles. The highest BCUT2D eigenvalue weighted by molar-refractivity contribution is 5.67. The number of nitrogens with zero attached hydrogens (tertiary/aromatic N) is 1. The highest BCUT2D eigenvalue weighted by Crippen LogP contribution is 2.06. The predicted octanol–water partition coefficient (Wildman–Crippen LogP) is 1.11. The largest absolute Gasteiger partial charge is 0.444 e. The van der Waals surface area contributed by atoms with E-state index in [2.05, 4.69) is 10.2 Å². The molecule has 0 atom stereocenters. The molecule has 6 nitrogen and oxygen atoms in total. The predicted molar refractivity (Wildman–Crippen MR) is 74.4 cm³/mol. The number of nitrogens with one attached hydrogen (secondary N) is 1. The Morgan fingerprint density at radius 2 is 1.58 bits per heavy atom. The van der Waals surface area contributed by atoms with E-state index in [1.54, 1.807) is 14.2 Å². The Labute approximate surface area is 116 Å². The van der Waals surface area contributed by atoms with E-state index >= 15 is 0 Å². The van der Waals surface area contributed by atoms with Crippen molar-refractivity contribution in [1.82, 2.24) is 10.2 Å². The van der Waals surface area contributed by atoms with Gasteiger partial charge in [-0.2, -0.15) is 0 Å². The summed E-state index contributed by atoms with van der Waals surface area (Å²) in [4.78, 5) is 13.6. The summed E-state index contributed by atoms with van der Waals surface area (Å²) >= 11 is 0. The smallest absolute Gasteiger partial charge is 0.407 e. The third-order valence-electron chi connectivity index (χ3n) is 2.32. The normalized spacial score (nSPS) is 11.7. The Balaban J connectivity index is 3.86. The van der Waals surface area contributed by atoms with E-state index < -0.39 is 5.60 Å². The van der Waals surface area contributed by atoms with Gasteiger partial charge in [0.05, 0.1) is 13.2 Å². The van der Waals surface area contributed by atoms with E-state index in [0.29, 0.717) is 19.8 Å². The van der Waals surface area contributed by atoms with Crippen molar-refractivity contribution in [1.29, 1.82) is 0 Å². The van der Waals surface area contributed by atoms with Gasteiger partial charge in [0.2, 0.25) is 0 Å². The third kappa shape index (κ3) is 11.9. The average Bonchev–Trinajstić information content (AvgIpc) is 2.29. The van der Waals surface area contributed by atoms with Gasteiger partial charge in [-0.1, -0.05) is 0 Å². The Hall–Kier alpha value is -0.850. The number of alkyl carbamates (subject to hydrolysis) is 1. The number of carbonyl (C=O) groups excluding carboxylic acids is 1. The quantitative estimate of drug-likeness (QED) is 0.683. The number of hydrogen-bond acceptors (Lipinski definition) is 5. The van der Waals surface area contributed by atoms with Gasteiger partial charge in [0.25, 0.3) is 0 Å². The highest BCUT2D eigenvalue weighted by Gasteiger charge is 2.15. The Morgan fingerprint density at radius 1 is 1.05 bits per heavy atom. The molecular formula is C13H28N2O4. The molecule has 0 saturated carbocycles. The molecule has 0 aliphatic rings. The van der Waals surface area contributed by atoms with Crippen LogP contribution in [0.15, 0.2) is 0 Å². The molecular weight excluding hydrogens is 248 g/mol. The molecule has 0 aromatic heterocycles. The molecule has 0 aromatic carbocycles. The molecule has 19 heavy (non-hydrogen) atoms. The zero-order chi connectivity index (χ0) is 14.7. The van der Waals surface area contributed by atoms with E-state index in [0.717, 1.165) is 19.6 Å². The van der Waals surface area contributed by atoms with Gasteiger partial charge in [-0.05, 0) is 20.8 Å². The van der Waals surface area contributed by atoms with Crippen molar-refractivity contribution in [3.8, 4) is 0 Å². The molecule has 0 fully saturated rings. The monoisotopic (exact) mass is 276 g/mol. The van der Waals surface area contributed by atoms with E-state index in [4.69, 9.17) is 14.2 Å². The Bertz CT molecular complexity index is 233. The zero-order valence-corrected chi connectivity index (χ0v) is 12.8. The lowest BCUT2D eigenvalue weighted by Gasteiger charge is -2.23. The van der Waals surface area contributed by atoms with Crippen LogP contribution in [0.4, 0.5) is 4.79 Å². The first kappa shape index (κ1) is 18.1. The van der Waals surface area contributed by atoms with Crippen LogP contribution in [0.3, 0.4) is 0 Å². The highest BCUT2D eigenvalue weighted by atomic mass is 16.6. The lowest BCUT2D eigenvalue weighted by Crippen LogP contribution is -2.40. The van der Waals surface area contributed by atoms with Gasteiger partial charge < -0.3 is 19.5 Å². The minimum atomic E-state index is -0.462. The number of carbonyl (C=O) groups is 1. The summed E-state index contributed by atoms with van der Waals surface area (Å²) in [6.45, 7) is 9.77. The van der Waals surface area contributed by atoms with Gasteiger partial charge in [0.1, 0.15) is 5.60 Å². The van der Waals surface area contributed by atoms with Gasteiger partial charge in [0.15, 0.2) is 0 Å². The first-order chi connectivity index (χ1) is 8.89. The SMILES string of the molecule is COCCN(CCNC(=O)OC(C)(C)C)CCOC. The standard InChI is InChI=1S/C13H28N2O4/c1-13(2,3)19-12(16)14-6-7-15(8-10-17-4)9-11-18-5/h6-11H2,1-5H3,(H,14,16). The first-order valence-corrected chi connectivity index (χ1v) is 6.56. The molecule has 0 bridgehead atoms. The summed E-state index contributed by atoms with van der Waals surface area (Å²) in [6, 6.07) is 0. The van der Waals surface area contributed by atoms with Crippen LogP contribution in [0.2, 0.25) is 0 Å². The zero-order valence-electron chi connectivity index (χ0n) is 12.8. The van der Waals surface area contributed by atoms with Gasteiger partial charge >= 0.3 is 6.09 Å². The van der Waals surface area contributed by atoms with Crippen LogP contribution in [-0.4, -0.2) is 70.2 Å². The van der Waals surface area contributed by atoms with E-state index in [-0.39, 0.29) is 6.09 Å². The summed E-state index contributed by atoms with van der Waals surface area (Å²) in [7, 11) is 3.35. The molecule has 6 heteroatoms. The second kappa shape index (κ2) is 10.00. The van der Waals surface area contributed by atoms with E-state index in [1.807, 2.05) is 20.8 Å². The molecule has 0 unspecified atom stereocenters. The minimum absolute atomic E-state index is 0.383. The number of hydrogen-bond donors (Lipinski definition) is 1. The summed E-state index contributed by atoms with van der Waals surface area (Å²) in [6.07, 6.45) is -0.383. The maximum absolute atomic E-state index is 11.5. The third-order valence-corrected chi connectivity index (χ3v) is 2.32. The summed E-state index contributed by atoms with van der Waals surface area (Å²) in [5.74, 6) is 0. The fourth-order valence-electron chi connectivity index (χ4n) is 1.41. The molecule has 0 rings (SSSR count). The van der Waals surface area contributed by atoms with Crippen LogP contribution in [-0.2, 0) is 14.2 Å². The molecule has 1 amide bonds. The fraction of sp³-hybridized carbons (Fsp3) is 0.923. The fourth-order valence-corrected chi connectivity index (χ4v) is 1.41. The van der Waals surface area contributed by atoms with Crippen LogP contribution < -0.4 is 5.32 Å². The molecule has 0 radical (unpaired) electrons. The van der Waals surface area contributed by atoms with Crippen molar-refractivity contribution in [2.75, 3.05) is 53.6 Å². The van der Waals surface area contributed by atoms with Crippen molar-refractivity contribution < 1.29 is 19.0 Å². The number of amides is 1. The van der Waals surface area contributed by atoms with Crippen LogP contribution in [0.5, 0.6) is 0 Å². The van der Waals surface area contributed by atoms with Crippen molar-refractivity contribution in [3.63, 3.8) is 0 Å². The van der Waals surface area contributed by atoms with Crippen molar-refractivity contribution >= 4 is 6.09 Å². The van der Waals surface area contributed by atoms with Crippen LogP contribution >= 0.6 is 0 Å². The number of methoxy groups -OCH3 is 2. The molecule has 0 aromatic rings. The maximum atomic E-state index is 11.5. The Kier molecular flexibility index (Phi) is 9.55. The van der Waals surface area contributed by atoms with Gasteiger partial charge in [-0.15, -0.1) is 0 Å². The second-order valence-electron chi connectivity index (χ2n) is 5.26. The molecule has 114 valence electrons. The van der Waals surface area contributed by atoms with Crippen molar-refractivity contribution in [2.45, 2.75) is 26.4 Å². The van der Waals surface area contributed by atoms with Crippen molar-refractivity contribution in [2.24, 2.45) is 0 Å². The summed E-state index contributed by atoms with van der Waals surface area (Å²) < 4.78 is 15.3. The van der Waals surface area contributed by atoms with Crippen LogP contribution in [0.1, 0.15) is 20.8 Å². The second-order valence-corrected chi connectivity index (χ2v) is 5.26. The van der Waals surface area contributed by atoms with E-state index in [1.165, 1.54) is 0 Å². The lowest BCUT2D eigenvalue weighted by molar-refractivity contribution is 0.0516. The first-order valence-electron chi connectivity index (χ1n) is 6.56. The number of ether oxygens (including phenoxy) is 3. The molecule has 0 aliphatic heterocycles. The lowest BCUT2D eigenvalue weighted by atomic mass is 10.2. The minimum Gasteiger partial charge on any atom is -0.444 e. The summed E-state index contributed by atoms with van der Waals surface area (Å²) in [5.41, 5.74) is -0.462. The van der Waals surface area contributed by atoms with Gasteiger partial charge in [-0.25, -0.2) is 4.79 Å². The molecule has 0 saturated heterocycles. The molecule has 1 N–H and O–H groups in total. The van der Waals surface area contributed by atoms with Crippen LogP contribution in [0, 0.1) is 0 Å². The van der Waals surface area contributed by atoms with E-state index in [9.17, 15) is 4.79 Å². The molecule has 0 spiro atoms. The topological polar surface area (TPSA) is 60.0 Å². The van der Waals surface area contributed by atoms with Gasteiger partial charge in [-0.3, -0.25) is 4.90 Å². The van der Waals surface area contributed by atoms with Crippen molar-refractivity contribution in [3.05, 3.63) is 0 Å². The van der Waals surface area contributed by atoms with Crippen LogP contribution in [0.25, 0.3) is 0 Å². The molecule has 0 aliphatic carbocycles. The Morgan fingerprint density at radius 3 is 2.00 bits per heavy atom.